The molecule has 16 heavy (non-hydrogen) atoms. The van der Waals surface area contributed by atoms with Gasteiger partial charge in [0.1, 0.15) is 0 Å². The first-order valence-electron chi connectivity index (χ1n) is 4.49. The maximum absolute atomic E-state index is 10.9. The van der Waals surface area contributed by atoms with E-state index in [0.29, 0.717) is 4.90 Å². The van der Waals surface area contributed by atoms with Crippen LogP contribution < -0.4 is 0 Å². The minimum atomic E-state index is -0.459. The number of nitro benzene ring substituents is 1. The summed E-state index contributed by atoms with van der Waals surface area (Å²) in [5.41, 5.74) is 0.928. The molecule has 0 saturated carbocycles. The summed E-state index contributed by atoms with van der Waals surface area (Å²) in [6.45, 7) is 1.84. The fraction of sp³-hybridized carbons (Fsp3) is 0.300. The first-order chi connectivity index (χ1) is 7.54. The van der Waals surface area contributed by atoms with Gasteiger partial charge in [-0.3, -0.25) is 14.9 Å². The van der Waals surface area contributed by atoms with Gasteiger partial charge in [-0.2, -0.15) is 0 Å². The lowest BCUT2D eigenvalue weighted by Gasteiger charge is -2.03. The zero-order valence-electron chi connectivity index (χ0n) is 8.93. The van der Waals surface area contributed by atoms with E-state index in [2.05, 4.69) is 4.74 Å². The van der Waals surface area contributed by atoms with E-state index in [4.69, 9.17) is 0 Å². The Kier molecular flexibility index (Phi) is 4.30. The van der Waals surface area contributed by atoms with Crippen LogP contribution >= 0.6 is 11.8 Å². The third-order valence-corrected chi connectivity index (χ3v) is 2.90. The lowest BCUT2D eigenvalue weighted by atomic mass is 10.2. The van der Waals surface area contributed by atoms with E-state index in [1.165, 1.54) is 13.2 Å². The Morgan fingerprint density at radius 1 is 1.56 bits per heavy atom. The van der Waals surface area contributed by atoms with Gasteiger partial charge in [0.05, 0.1) is 22.7 Å². The van der Waals surface area contributed by atoms with Crippen LogP contribution in [0.25, 0.3) is 0 Å². The van der Waals surface area contributed by atoms with Crippen molar-refractivity contribution in [3.8, 4) is 0 Å². The van der Waals surface area contributed by atoms with E-state index >= 15 is 0 Å². The van der Waals surface area contributed by atoms with Gasteiger partial charge < -0.3 is 4.74 Å². The second kappa shape index (κ2) is 5.50. The number of ether oxygens (including phenoxy) is 1. The average molecular weight is 241 g/mol. The Hall–Kier alpha value is -1.56. The summed E-state index contributed by atoms with van der Waals surface area (Å²) in [6, 6.07) is 4.79. The molecule has 0 atom stereocenters. The number of esters is 1. The summed E-state index contributed by atoms with van der Waals surface area (Å²) in [7, 11) is 1.29. The van der Waals surface area contributed by atoms with Crippen molar-refractivity contribution >= 4 is 23.4 Å². The van der Waals surface area contributed by atoms with Gasteiger partial charge in [-0.1, -0.05) is 6.07 Å². The SMILES string of the molecule is COC(=O)CSc1cc(C)ccc1[N+](=O)[O-]. The van der Waals surface area contributed by atoms with Crippen molar-refractivity contribution in [3.63, 3.8) is 0 Å². The number of methoxy groups -OCH3 is 1. The smallest absolute Gasteiger partial charge is 0.315 e. The van der Waals surface area contributed by atoms with Gasteiger partial charge >= 0.3 is 5.97 Å². The van der Waals surface area contributed by atoms with E-state index in [1.54, 1.807) is 12.1 Å². The Balaban J connectivity index is 2.88. The van der Waals surface area contributed by atoms with Crippen LogP contribution in [0.1, 0.15) is 5.56 Å². The summed E-state index contributed by atoms with van der Waals surface area (Å²) in [5, 5.41) is 10.7. The number of nitro groups is 1. The number of hydrogen-bond donors (Lipinski definition) is 0. The molecule has 0 spiro atoms. The second-order valence-corrected chi connectivity index (χ2v) is 4.11. The Labute approximate surface area is 96.9 Å². The molecule has 1 rings (SSSR count). The Morgan fingerprint density at radius 2 is 2.25 bits per heavy atom. The number of rotatable bonds is 4. The summed E-state index contributed by atoms with van der Waals surface area (Å²) in [6.07, 6.45) is 0. The molecule has 0 aromatic heterocycles. The minimum absolute atomic E-state index is 0.0134. The summed E-state index contributed by atoms with van der Waals surface area (Å²) in [4.78, 5) is 21.7. The van der Waals surface area contributed by atoms with Crippen LogP contribution in [0.2, 0.25) is 0 Å². The van der Waals surface area contributed by atoms with Crippen molar-refractivity contribution in [1.29, 1.82) is 0 Å². The van der Waals surface area contributed by atoms with E-state index in [9.17, 15) is 14.9 Å². The molecule has 6 heteroatoms. The lowest BCUT2D eigenvalue weighted by Crippen LogP contribution is -2.03. The van der Waals surface area contributed by atoms with Crippen molar-refractivity contribution in [2.75, 3.05) is 12.9 Å². The highest BCUT2D eigenvalue weighted by molar-refractivity contribution is 8.00. The third kappa shape index (κ3) is 3.23. The van der Waals surface area contributed by atoms with Crippen LogP contribution in [0.3, 0.4) is 0 Å². The molecule has 0 amide bonds. The Morgan fingerprint density at radius 3 is 2.81 bits per heavy atom. The number of carbonyl (C=O) groups excluding carboxylic acids is 1. The van der Waals surface area contributed by atoms with Gasteiger partial charge in [-0.25, -0.2) is 0 Å². The molecule has 86 valence electrons. The van der Waals surface area contributed by atoms with Crippen LogP contribution in [0.4, 0.5) is 5.69 Å². The number of thioether (sulfide) groups is 1. The van der Waals surface area contributed by atoms with Gasteiger partial charge in [-0.15, -0.1) is 11.8 Å². The zero-order chi connectivity index (χ0) is 12.1. The van der Waals surface area contributed by atoms with Crippen molar-refractivity contribution in [2.45, 2.75) is 11.8 Å². The molecule has 5 nitrogen and oxygen atoms in total. The fourth-order valence-corrected chi connectivity index (χ4v) is 2.03. The predicted molar refractivity (Wildman–Crippen MR) is 60.6 cm³/mol. The van der Waals surface area contributed by atoms with Crippen LogP contribution in [0.5, 0.6) is 0 Å². The molecular formula is C10H11NO4S. The first kappa shape index (κ1) is 12.5. The van der Waals surface area contributed by atoms with E-state index in [-0.39, 0.29) is 11.4 Å². The van der Waals surface area contributed by atoms with Gasteiger partial charge in [-0.05, 0) is 18.6 Å². The molecule has 0 aliphatic heterocycles. The maximum atomic E-state index is 10.9. The topological polar surface area (TPSA) is 69.4 Å². The summed E-state index contributed by atoms with van der Waals surface area (Å²) < 4.78 is 4.47. The monoisotopic (exact) mass is 241 g/mol. The van der Waals surface area contributed by atoms with Crippen LogP contribution in [-0.4, -0.2) is 23.8 Å². The standard InChI is InChI=1S/C10H11NO4S/c1-7-3-4-8(11(13)14)9(5-7)16-6-10(12)15-2/h3-5H,6H2,1-2H3. The minimum Gasteiger partial charge on any atom is -0.468 e. The molecule has 1 aromatic carbocycles. The fourth-order valence-electron chi connectivity index (χ4n) is 1.08. The highest BCUT2D eigenvalue weighted by atomic mass is 32.2. The first-order valence-corrected chi connectivity index (χ1v) is 5.48. The number of carbonyl (C=O) groups is 1. The molecule has 0 N–H and O–H groups in total. The van der Waals surface area contributed by atoms with E-state index < -0.39 is 10.9 Å². The number of aryl methyl sites for hydroxylation is 1. The van der Waals surface area contributed by atoms with Gasteiger partial charge in [0, 0.05) is 6.07 Å². The van der Waals surface area contributed by atoms with Crippen LogP contribution in [0.15, 0.2) is 23.1 Å². The summed E-state index contributed by atoms with van der Waals surface area (Å²) >= 11 is 1.11. The van der Waals surface area contributed by atoms with Crippen molar-refractivity contribution in [3.05, 3.63) is 33.9 Å². The van der Waals surface area contributed by atoms with Gasteiger partial charge in [0.15, 0.2) is 0 Å². The highest BCUT2D eigenvalue weighted by Crippen LogP contribution is 2.29. The largest absolute Gasteiger partial charge is 0.468 e. The quantitative estimate of drug-likeness (QED) is 0.349. The molecule has 1 aromatic rings. The van der Waals surface area contributed by atoms with E-state index in [1.807, 2.05) is 6.92 Å². The average Bonchev–Trinajstić information content (AvgIpc) is 2.25. The van der Waals surface area contributed by atoms with Crippen molar-refractivity contribution in [2.24, 2.45) is 0 Å². The zero-order valence-corrected chi connectivity index (χ0v) is 9.74. The Bertz CT molecular complexity index is 419. The molecular weight excluding hydrogens is 230 g/mol. The predicted octanol–water partition coefficient (Wildman–Crippen LogP) is 2.17. The number of benzene rings is 1. The molecule has 0 bridgehead atoms. The molecule has 0 fully saturated rings. The number of nitrogens with zero attached hydrogens (tertiary/aromatic N) is 1. The van der Waals surface area contributed by atoms with Crippen molar-refractivity contribution in [1.82, 2.24) is 0 Å². The van der Waals surface area contributed by atoms with Crippen LogP contribution in [0, 0.1) is 17.0 Å². The third-order valence-electron chi connectivity index (χ3n) is 1.89. The molecule has 0 heterocycles. The van der Waals surface area contributed by atoms with E-state index in [0.717, 1.165) is 17.3 Å². The highest BCUT2D eigenvalue weighted by Gasteiger charge is 2.15. The molecule has 0 aliphatic rings. The summed E-state index contributed by atoms with van der Waals surface area (Å²) in [5.74, 6) is -0.332. The maximum Gasteiger partial charge on any atom is 0.315 e. The normalized spacial score (nSPS) is 9.88. The molecule has 0 aliphatic carbocycles. The van der Waals surface area contributed by atoms with Crippen LogP contribution in [-0.2, 0) is 9.53 Å². The van der Waals surface area contributed by atoms with Gasteiger partial charge in [0.25, 0.3) is 5.69 Å². The number of hydrogen-bond acceptors (Lipinski definition) is 5. The lowest BCUT2D eigenvalue weighted by molar-refractivity contribution is -0.387. The van der Waals surface area contributed by atoms with Gasteiger partial charge in [0.2, 0.25) is 0 Å². The molecule has 0 saturated heterocycles. The second-order valence-electron chi connectivity index (χ2n) is 3.09. The molecule has 0 radical (unpaired) electrons. The van der Waals surface area contributed by atoms with Crippen molar-refractivity contribution < 1.29 is 14.5 Å². The molecule has 0 unspecified atom stereocenters.